The lowest BCUT2D eigenvalue weighted by Gasteiger charge is -2.31. The molecule has 1 saturated heterocycles. The van der Waals surface area contributed by atoms with Crippen molar-refractivity contribution in [2.45, 2.75) is 24.3 Å². The van der Waals surface area contributed by atoms with Crippen LogP contribution in [-0.4, -0.2) is 36.0 Å². The van der Waals surface area contributed by atoms with Crippen LogP contribution < -0.4 is 0 Å². The highest BCUT2D eigenvalue weighted by Gasteiger charge is 2.18. The molecule has 0 saturated carbocycles. The van der Waals surface area contributed by atoms with E-state index in [0.717, 1.165) is 13.1 Å². The predicted molar refractivity (Wildman–Crippen MR) is 73.3 cm³/mol. The van der Waals surface area contributed by atoms with Crippen LogP contribution in [0.15, 0.2) is 29.2 Å². The number of aliphatic hydroxyl groups is 1. The first-order valence-corrected chi connectivity index (χ1v) is 7.50. The Bertz CT molecular complexity index is 339. The molecular weight excluding hydrogens is 230 g/mol. The van der Waals surface area contributed by atoms with Gasteiger partial charge in [-0.1, -0.05) is 12.1 Å². The molecule has 0 aliphatic carbocycles. The van der Waals surface area contributed by atoms with E-state index in [-0.39, 0.29) is 0 Å². The summed E-state index contributed by atoms with van der Waals surface area (Å²) in [5.74, 6) is 0.481. The van der Waals surface area contributed by atoms with E-state index >= 15 is 0 Å². The van der Waals surface area contributed by atoms with Gasteiger partial charge in [0, 0.05) is 24.6 Å². The third kappa shape index (κ3) is 3.73. The maximum Gasteiger partial charge on any atom is 0.0471 e. The van der Waals surface area contributed by atoms with Crippen molar-refractivity contribution in [1.29, 1.82) is 0 Å². The van der Waals surface area contributed by atoms with Crippen LogP contribution in [0.1, 0.15) is 18.4 Å². The van der Waals surface area contributed by atoms with Gasteiger partial charge in [0.25, 0.3) is 0 Å². The van der Waals surface area contributed by atoms with E-state index in [1.54, 1.807) is 11.8 Å². The minimum atomic E-state index is 0.335. The lowest BCUT2D eigenvalue weighted by Crippen LogP contribution is -2.36. The lowest BCUT2D eigenvalue weighted by atomic mass is 9.98. The second kappa shape index (κ2) is 6.43. The fraction of sp³-hybridized carbons (Fsp3) is 0.571. The quantitative estimate of drug-likeness (QED) is 0.832. The Kier molecular flexibility index (Phi) is 4.89. The van der Waals surface area contributed by atoms with Crippen molar-refractivity contribution >= 4 is 11.8 Å². The number of aliphatic hydroxyl groups excluding tert-OH is 1. The molecule has 1 atom stereocenters. The number of hydrogen-bond donors (Lipinski definition) is 1. The highest BCUT2D eigenvalue weighted by Crippen LogP contribution is 2.20. The molecule has 17 heavy (non-hydrogen) atoms. The Morgan fingerprint density at radius 3 is 2.76 bits per heavy atom. The summed E-state index contributed by atoms with van der Waals surface area (Å²) in [7, 11) is 0. The summed E-state index contributed by atoms with van der Waals surface area (Å²) in [5, 5.41) is 9.21. The van der Waals surface area contributed by atoms with E-state index < -0.39 is 0 Å². The molecule has 1 aliphatic heterocycles. The zero-order valence-corrected chi connectivity index (χ0v) is 11.2. The number of likely N-dealkylation sites (tertiary alicyclic amines) is 1. The summed E-state index contributed by atoms with van der Waals surface area (Å²) in [5.41, 5.74) is 1.38. The summed E-state index contributed by atoms with van der Waals surface area (Å²) in [4.78, 5) is 3.78. The van der Waals surface area contributed by atoms with Gasteiger partial charge in [-0.05, 0) is 49.3 Å². The van der Waals surface area contributed by atoms with E-state index in [9.17, 15) is 5.11 Å². The molecule has 1 N–H and O–H groups in total. The standard InChI is InChI=1S/C14H21NOS/c1-17-14-6-4-12(5-7-14)9-15-8-2-3-13(10-15)11-16/h4-7,13,16H,2-3,8-11H2,1H3. The van der Waals surface area contributed by atoms with Gasteiger partial charge in [-0.25, -0.2) is 0 Å². The van der Waals surface area contributed by atoms with Gasteiger partial charge in [0.15, 0.2) is 0 Å². The fourth-order valence-electron chi connectivity index (χ4n) is 2.43. The molecular formula is C14H21NOS. The minimum absolute atomic E-state index is 0.335. The van der Waals surface area contributed by atoms with Gasteiger partial charge in [0.1, 0.15) is 0 Å². The van der Waals surface area contributed by atoms with Crippen LogP contribution in [0.3, 0.4) is 0 Å². The minimum Gasteiger partial charge on any atom is -0.396 e. The number of hydrogen-bond acceptors (Lipinski definition) is 3. The normalized spacial score (nSPS) is 21.6. The monoisotopic (exact) mass is 251 g/mol. The van der Waals surface area contributed by atoms with Gasteiger partial charge in [0.05, 0.1) is 0 Å². The van der Waals surface area contributed by atoms with Crippen LogP contribution >= 0.6 is 11.8 Å². The number of benzene rings is 1. The van der Waals surface area contributed by atoms with Gasteiger partial charge in [-0.15, -0.1) is 11.8 Å². The SMILES string of the molecule is CSc1ccc(CN2CCCC(CO)C2)cc1. The first kappa shape index (κ1) is 12.9. The molecule has 0 radical (unpaired) electrons. The van der Waals surface area contributed by atoms with Crippen molar-refractivity contribution in [2.75, 3.05) is 26.0 Å². The zero-order chi connectivity index (χ0) is 12.1. The van der Waals surface area contributed by atoms with Crippen molar-refractivity contribution in [1.82, 2.24) is 4.90 Å². The molecule has 1 heterocycles. The van der Waals surface area contributed by atoms with E-state index in [0.29, 0.717) is 12.5 Å². The molecule has 0 bridgehead atoms. The first-order valence-electron chi connectivity index (χ1n) is 6.28. The Morgan fingerprint density at radius 2 is 2.12 bits per heavy atom. The maximum atomic E-state index is 9.21. The molecule has 0 amide bonds. The lowest BCUT2D eigenvalue weighted by molar-refractivity contribution is 0.116. The largest absolute Gasteiger partial charge is 0.396 e. The molecule has 1 unspecified atom stereocenters. The van der Waals surface area contributed by atoms with Crippen LogP contribution in [0.5, 0.6) is 0 Å². The van der Waals surface area contributed by atoms with Crippen LogP contribution in [0.2, 0.25) is 0 Å². The van der Waals surface area contributed by atoms with E-state index in [1.807, 2.05) is 0 Å². The van der Waals surface area contributed by atoms with Gasteiger partial charge >= 0.3 is 0 Å². The summed E-state index contributed by atoms with van der Waals surface area (Å²) >= 11 is 1.78. The molecule has 0 aromatic heterocycles. The first-order chi connectivity index (χ1) is 8.31. The zero-order valence-electron chi connectivity index (χ0n) is 10.4. The second-order valence-electron chi connectivity index (χ2n) is 4.77. The van der Waals surface area contributed by atoms with Gasteiger partial charge in [-0.2, -0.15) is 0 Å². The molecule has 1 aromatic carbocycles. The molecule has 3 heteroatoms. The number of thioether (sulfide) groups is 1. The summed E-state index contributed by atoms with van der Waals surface area (Å²) in [6.07, 6.45) is 4.50. The highest BCUT2D eigenvalue weighted by molar-refractivity contribution is 7.98. The second-order valence-corrected chi connectivity index (χ2v) is 5.65. The maximum absolute atomic E-state index is 9.21. The van der Waals surface area contributed by atoms with Crippen LogP contribution in [0.4, 0.5) is 0 Å². The van der Waals surface area contributed by atoms with Crippen molar-refractivity contribution in [3.63, 3.8) is 0 Å². The Morgan fingerprint density at radius 1 is 1.35 bits per heavy atom. The average Bonchev–Trinajstić information content (AvgIpc) is 2.40. The van der Waals surface area contributed by atoms with Gasteiger partial charge in [-0.3, -0.25) is 4.90 Å². The van der Waals surface area contributed by atoms with Crippen LogP contribution in [0, 0.1) is 5.92 Å². The Balaban J connectivity index is 1.90. The highest BCUT2D eigenvalue weighted by atomic mass is 32.2. The van der Waals surface area contributed by atoms with Crippen molar-refractivity contribution in [3.8, 4) is 0 Å². The Labute approximate surface area is 108 Å². The molecule has 1 fully saturated rings. The van der Waals surface area contributed by atoms with Crippen LogP contribution in [-0.2, 0) is 6.54 Å². The molecule has 2 rings (SSSR count). The smallest absolute Gasteiger partial charge is 0.0471 e. The molecule has 0 spiro atoms. The summed E-state index contributed by atoms with van der Waals surface area (Å²) in [6.45, 7) is 3.56. The van der Waals surface area contributed by atoms with E-state index in [1.165, 1.54) is 29.8 Å². The number of nitrogens with zero attached hydrogens (tertiary/aromatic N) is 1. The number of piperidine rings is 1. The molecule has 1 aliphatic rings. The van der Waals surface area contributed by atoms with Crippen molar-refractivity contribution in [3.05, 3.63) is 29.8 Å². The van der Waals surface area contributed by atoms with Crippen molar-refractivity contribution < 1.29 is 5.11 Å². The summed E-state index contributed by atoms with van der Waals surface area (Å²) < 4.78 is 0. The summed E-state index contributed by atoms with van der Waals surface area (Å²) in [6, 6.07) is 8.81. The average molecular weight is 251 g/mol. The Hall–Kier alpha value is -0.510. The third-order valence-corrected chi connectivity index (χ3v) is 4.17. The number of rotatable bonds is 4. The molecule has 94 valence electrons. The topological polar surface area (TPSA) is 23.5 Å². The predicted octanol–water partition coefficient (Wildman–Crippen LogP) is 2.61. The van der Waals surface area contributed by atoms with Crippen molar-refractivity contribution in [2.24, 2.45) is 5.92 Å². The van der Waals surface area contributed by atoms with Crippen LogP contribution in [0.25, 0.3) is 0 Å². The van der Waals surface area contributed by atoms with E-state index in [2.05, 4.69) is 35.4 Å². The van der Waals surface area contributed by atoms with Gasteiger partial charge < -0.3 is 5.11 Å². The molecule has 2 nitrogen and oxygen atoms in total. The van der Waals surface area contributed by atoms with Gasteiger partial charge in [0.2, 0.25) is 0 Å². The fourth-order valence-corrected chi connectivity index (χ4v) is 2.84. The third-order valence-electron chi connectivity index (χ3n) is 3.43. The molecule has 1 aromatic rings. The van der Waals surface area contributed by atoms with E-state index in [4.69, 9.17) is 0 Å².